The molecular formula is C18H19FN2O. The van der Waals surface area contributed by atoms with E-state index in [1.165, 1.54) is 6.07 Å². The quantitative estimate of drug-likeness (QED) is 0.921. The molecule has 0 aliphatic carbocycles. The van der Waals surface area contributed by atoms with Gasteiger partial charge in [-0.05, 0) is 31.5 Å². The second-order valence-electron chi connectivity index (χ2n) is 5.58. The molecule has 1 N–H and O–H groups in total. The third-order valence-electron chi connectivity index (χ3n) is 4.23. The fraction of sp³-hybridized carbons (Fsp3) is 0.278. The van der Waals surface area contributed by atoms with E-state index in [9.17, 15) is 9.18 Å². The minimum Gasteiger partial charge on any atom is -0.361 e. The molecule has 4 heteroatoms. The number of anilines is 1. The normalized spacial score (nSPS) is 18.6. The molecule has 2 atom stereocenters. The van der Waals surface area contributed by atoms with Gasteiger partial charge in [-0.2, -0.15) is 0 Å². The highest BCUT2D eigenvalue weighted by molar-refractivity contribution is 6.01. The Morgan fingerprint density at radius 1 is 1.18 bits per heavy atom. The third kappa shape index (κ3) is 2.34. The molecule has 0 spiro atoms. The van der Waals surface area contributed by atoms with Gasteiger partial charge >= 0.3 is 0 Å². The highest BCUT2D eigenvalue weighted by Gasteiger charge is 2.36. The topological polar surface area (TPSA) is 32.3 Å². The van der Waals surface area contributed by atoms with Crippen LogP contribution in [-0.4, -0.2) is 16.8 Å². The van der Waals surface area contributed by atoms with Crippen LogP contribution in [0.3, 0.4) is 0 Å². The molecule has 1 aliphatic heterocycles. The lowest BCUT2D eigenvalue weighted by Gasteiger charge is -2.41. The molecule has 0 saturated carbocycles. The maximum absolute atomic E-state index is 14.2. The van der Waals surface area contributed by atoms with E-state index in [1.807, 2.05) is 32.0 Å². The van der Waals surface area contributed by atoms with Crippen LogP contribution in [-0.2, 0) is 0 Å². The zero-order valence-electron chi connectivity index (χ0n) is 12.7. The van der Waals surface area contributed by atoms with Crippen molar-refractivity contribution in [1.82, 2.24) is 4.90 Å². The Labute approximate surface area is 129 Å². The SMILES string of the molecule is CC[C@@H](C)N1C(=O)c2ccccc2N[C@H]1c1ccccc1F. The molecular weight excluding hydrogens is 279 g/mol. The van der Waals surface area contributed by atoms with Crippen LogP contribution < -0.4 is 5.32 Å². The van der Waals surface area contributed by atoms with E-state index < -0.39 is 6.17 Å². The van der Waals surface area contributed by atoms with E-state index in [4.69, 9.17) is 0 Å². The summed E-state index contributed by atoms with van der Waals surface area (Å²) in [5, 5.41) is 3.31. The van der Waals surface area contributed by atoms with Gasteiger partial charge in [-0.15, -0.1) is 0 Å². The molecule has 2 aromatic rings. The summed E-state index contributed by atoms with van der Waals surface area (Å²) in [5.41, 5.74) is 1.88. The van der Waals surface area contributed by atoms with Gasteiger partial charge in [0, 0.05) is 17.3 Å². The number of amides is 1. The summed E-state index contributed by atoms with van der Waals surface area (Å²) in [7, 11) is 0. The number of hydrogen-bond donors (Lipinski definition) is 1. The number of hydrogen-bond acceptors (Lipinski definition) is 2. The minimum absolute atomic E-state index is 0.0120. The number of fused-ring (bicyclic) bond motifs is 1. The molecule has 0 bridgehead atoms. The number of rotatable bonds is 3. The maximum Gasteiger partial charge on any atom is 0.258 e. The first kappa shape index (κ1) is 14.6. The minimum atomic E-state index is -0.487. The van der Waals surface area contributed by atoms with Gasteiger partial charge in [-0.3, -0.25) is 4.79 Å². The predicted molar refractivity (Wildman–Crippen MR) is 85.1 cm³/mol. The largest absolute Gasteiger partial charge is 0.361 e. The van der Waals surface area contributed by atoms with Crippen molar-refractivity contribution in [1.29, 1.82) is 0 Å². The molecule has 0 fully saturated rings. The van der Waals surface area contributed by atoms with Crippen molar-refractivity contribution in [2.24, 2.45) is 0 Å². The van der Waals surface area contributed by atoms with Gasteiger partial charge < -0.3 is 10.2 Å². The Morgan fingerprint density at radius 3 is 2.59 bits per heavy atom. The number of nitrogens with one attached hydrogen (secondary N) is 1. The molecule has 0 aromatic heterocycles. The second-order valence-corrected chi connectivity index (χ2v) is 5.58. The van der Waals surface area contributed by atoms with Gasteiger partial charge in [0.05, 0.1) is 5.56 Å². The van der Waals surface area contributed by atoms with E-state index in [0.717, 1.165) is 12.1 Å². The molecule has 0 radical (unpaired) electrons. The summed E-state index contributed by atoms with van der Waals surface area (Å²) in [5.74, 6) is -0.363. The van der Waals surface area contributed by atoms with E-state index in [2.05, 4.69) is 5.32 Å². The Hall–Kier alpha value is -2.36. The molecule has 3 rings (SSSR count). The Bertz CT molecular complexity index is 701. The zero-order chi connectivity index (χ0) is 15.7. The number of carbonyl (C=O) groups excluding carboxylic acids is 1. The van der Waals surface area contributed by atoms with Gasteiger partial charge in [0.1, 0.15) is 12.0 Å². The molecule has 1 aliphatic rings. The monoisotopic (exact) mass is 298 g/mol. The lowest BCUT2D eigenvalue weighted by atomic mass is 10.0. The number of para-hydroxylation sites is 1. The summed E-state index contributed by atoms with van der Waals surface area (Å²) in [6.45, 7) is 4.01. The highest BCUT2D eigenvalue weighted by atomic mass is 19.1. The number of nitrogens with zero attached hydrogens (tertiary/aromatic N) is 1. The fourth-order valence-electron chi connectivity index (χ4n) is 2.84. The van der Waals surface area contributed by atoms with Gasteiger partial charge in [0.15, 0.2) is 0 Å². The van der Waals surface area contributed by atoms with E-state index in [0.29, 0.717) is 11.1 Å². The molecule has 3 nitrogen and oxygen atoms in total. The standard InChI is InChI=1S/C18H19FN2O/c1-3-12(2)21-17(13-8-4-6-10-15(13)19)20-16-11-7-5-9-14(16)18(21)22/h4-12,17,20H,3H2,1-2H3/t12-,17-/m1/s1. The van der Waals surface area contributed by atoms with Crippen LogP contribution in [0.4, 0.5) is 10.1 Å². The highest BCUT2D eigenvalue weighted by Crippen LogP contribution is 2.35. The smallest absolute Gasteiger partial charge is 0.258 e. The Kier molecular flexibility index (Phi) is 3.84. The van der Waals surface area contributed by atoms with Gasteiger partial charge in [-0.25, -0.2) is 4.39 Å². The van der Waals surface area contributed by atoms with E-state index in [-0.39, 0.29) is 17.8 Å². The summed E-state index contributed by atoms with van der Waals surface area (Å²) >= 11 is 0. The van der Waals surface area contributed by atoms with Gasteiger partial charge in [0.25, 0.3) is 5.91 Å². The lowest BCUT2D eigenvalue weighted by molar-refractivity contribution is 0.0590. The van der Waals surface area contributed by atoms with Crippen LogP contribution in [0.2, 0.25) is 0 Å². The fourth-order valence-corrected chi connectivity index (χ4v) is 2.84. The van der Waals surface area contributed by atoms with Crippen molar-refractivity contribution < 1.29 is 9.18 Å². The van der Waals surface area contributed by atoms with Crippen molar-refractivity contribution in [2.45, 2.75) is 32.5 Å². The van der Waals surface area contributed by atoms with Crippen molar-refractivity contribution in [3.63, 3.8) is 0 Å². The Balaban J connectivity index is 2.11. The van der Waals surface area contributed by atoms with Crippen LogP contribution in [0.15, 0.2) is 48.5 Å². The van der Waals surface area contributed by atoms with Crippen molar-refractivity contribution in [3.05, 3.63) is 65.5 Å². The summed E-state index contributed by atoms with van der Waals surface area (Å²) in [6, 6.07) is 14.0. The van der Waals surface area contributed by atoms with Crippen LogP contribution in [0, 0.1) is 5.82 Å². The van der Waals surface area contributed by atoms with Gasteiger partial charge in [-0.1, -0.05) is 37.3 Å². The first-order valence-corrected chi connectivity index (χ1v) is 7.56. The molecule has 114 valence electrons. The van der Waals surface area contributed by atoms with Crippen molar-refractivity contribution in [2.75, 3.05) is 5.32 Å². The van der Waals surface area contributed by atoms with Crippen LogP contribution in [0.5, 0.6) is 0 Å². The summed E-state index contributed by atoms with van der Waals surface area (Å²) in [4.78, 5) is 14.6. The summed E-state index contributed by atoms with van der Waals surface area (Å²) < 4.78 is 14.2. The number of benzene rings is 2. The molecule has 1 amide bonds. The molecule has 1 heterocycles. The van der Waals surface area contributed by atoms with E-state index in [1.54, 1.807) is 29.2 Å². The second kappa shape index (κ2) is 5.79. The first-order valence-electron chi connectivity index (χ1n) is 7.56. The number of carbonyl (C=O) groups is 1. The zero-order valence-corrected chi connectivity index (χ0v) is 12.7. The maximum atomic E-state index is 14.2. The molecule has 0 unspecified atom stereocenters. The molecule has 22 heavy (non-hydrogen) atoms. The average molecular weight is 298 g/mol. The molecule has 2 aromatic carbocycles. The first-order chi connectivity index (χ1) is 10.6. The van der Waals surface area contributed by atoms with Crippen molar-refractivity contribution >= 4 is 11.6 Å². The van der Waals surface area contributed by atoms with Crippen LogP contribution in [0.1, 0.15) is 42.4 Å². The number of halogens is 1. The third-order valence-corrected chi connectivity index (χ3v) is 4.23. The van der Waals surface area contributed by atoms with Crippen LogP contribution >= 0.6 is 0 Å². The van der Waals surface area contributed by atoms with Crippen LogP contribution in [0.25, 0.3) is 0 Å². The average Bonchev–Trinajstić information content (AvgIpc) is 2.54. The lowest BCUT2D eigenvalue weighted by Crippen LogP contribution is -2.47. The molecule has 0 saturated heterocycles. The summed E-state index contributed by atoms with van der Waals surface area (Å²) in [6.07, 6.45) is 0.319. The Morgan fingerprint density at radius 2 is 1.86 bits per heavy atom. The van der Waals surface area contributed by atoms with Crippen molar-refractivity contribution in [3.8, 4) is 0 Å². The van der Waals surface area contributed by atoms with E-state index >= 15 is 0 Å². The van der Waals surface area contributed by atoms with Gasteiger partial charge in [0.2, 0.25) is 0 Å². The predicted octanol–water partition coefficient (Wildman–Crippen LogP) is 4.19.